The van der Waals surface area contributed by atoms with Gasteiger partial charge in [-0.2, -0.15) is 4.31 Å². The zero-order valence-corrected chi connectivity index (χ0v) is 18.0. The van der Waals surface area contributed by atoms with E-state index in [4.69, 9.17) is 15.2 Å². The van der Waals surface area contributed by atoms with Gasteiger partial charge in [-0.25, -0.2) is 8.42 Å². The lowest BCUT2D eigenvalue weighted by atomic mass is 10.1. The molecule has 1 atom stereocenters. The third-order valence-electron chi connectivity index (χ3n) is 4.74. The van der Waals surface area contributed by atoms with Gasteiger partial charge in [-0.3, -0.25) is 4.79 Å². The van der Waals surface area contributed by atoms with Gasteiger partial charge in [0.25, 0.3) is 5.91 Å². The number of sulfonamides is 1. The van der Waals surface area contributed by atoms with E-state index in [1.165, 1.54) is 30.7 Å². The second-order valence-electron chi connectivity index (χ2n) is 6.44. The molecule has 2 N–H and O–H groups in total. The molecule has 0 aliphatic carbocycles. The molecule has 1 aliphatic heterocycles. The van der Waals surface area contributed by atoms with Crippen molar-refractivity contribution in [2.24, 2.45) is 5.73 Å². The van der Waals surface area contributed by atoms with Crippen molar-refractivity contribution < 1.29 is 22.7 Å². The number of rotatable bonds is 10. The first-order valence-corrected chi connectivity index (χ1v) is 10.5. The number of hydrogen-bond acceptors (Lipinski definition) is 6. The summed E-state index contributed by atoms with van der Waals surface area (Å²) < 4.78 is 37.1. The molecule has 160 valence electrons. The molecule has 0 spiro atoms. The molecule has 8 nitrogen and oxygen atoms in total. The highest BCUT2D eigenvalue weighted by Gasteiger charge is 2.29. The number of carbonyl (C=O) groups is 1. The fraction of sp³-hybridized carbons (Fsp3) is 0.611. The summed E-state index contributed by atoms with van der Waals surface area (Å²) in [6, 6.07) is 6.13. The van der Waals surface area contributed by atoms with Crippen molar-refractivity contribution in [3.8, 4) is 0 Å². The predicted octanol–water partition coefficient (Wildman–Crippen LogP) is 0.955. The van der Waals surface area contributed by atoms with Gasteiger partial charge in [-0.15, -0.1) is 12.4 Å². The Kier molecular flexibility index (Phi) is 10.4. The number of methoxy groups -OCH3 is 2. The van der Waals surface area contributed by atoms with E-state index in [0.29, 0.717) is 18.7 Å². The fourth-order valence-corrected chi connectivity index (χ4v) is 4.58. The van der Waals surface area contributed by atoms with Gasteiger partial charge < -0.3 is 20.1 Å². The third-order valence-corrected chi connectivity index (χ3v) is 6.65. The van der Waals surface area contributed by atoms with E-state index >= 15 is 0 Å². The first kappa shape index (κ1) is 24.8. The van der Waals surface area contributed by atoms with Crippen molar-refractivity contribution in [2.75, 3.05) is 53.6 Å². The molecule has 0 aromatic heterocycles. The van der Waals surface area contributed by atoms with Crippen molar-refractivity contribution in [1.29, 1.82) is 0 Å². The highest BCUT2D eigenvalue weighted by Crippen LogP contribution is 2.21. The van der Waals surface area contributed by atoms with Crippen LogP contribution < -0.4 is 5.73 Å². The van der Waals surface area contributed by atoms with E-state index in [1.807, 2.05) is 0 Å². The molecule has 0 saturated carbocycles. The standard InChI is InChI=1S/C18H29N3O5S.ClH/c1-25-12-10-20(11-13-26-2)27(23,24)17-7-5-15(6-8-17)18(22)21-9-3-4-16(21)14-19;/h5-8,16H,3-4,9-14,19H2,1-2H3;1H. The minimum absolute atomic E-state index is 0. The SMILES string of the molecule is COCCN(CCOC)S(=O)(=O)c1ccc(C(=O)N2CCCC2CN)cc1.Cl. The Morgan fingerprint density at radius 1 is 1.18 bits per heavy atom. The minimum Gasteiger partial charge on any atom is -0.383 e. The summed E-state index contributed by atoms with van der Waals surface area (Å²) in [5.74, 6) is -0.109. The first-order valence-electron chi connectivity index (χ1n) is 9.04. The summed E-state index contributed by atoms with van der Waals surface area (Å²) in [6.07, 6.45) is 1.84. The molecule has 0 bridgehead atoms. The van der Waals surface area contributed by atoms with Crippen LogP contribution in [0.4, 0.5) is 0 Å². The van der Waals surface area contributed by atoms with E-state index in [0.717, 1.165) is 12.8 Å². The summed E-state index contributed by atoms with van der Waals surface area (Å²) >= 11 is 0. The third kappa shape index (κ3) is 5.88. The quantitative estimate of drug-likeness (QED) is 0.587. The molecule has 10 heteroatoms. The number of nitrogens with two attached hydrogens (primary N) is 1. The molecule has 1 aromatic rings. The molecule has 1 aliphatic rings. The second kappa shape index (κ2) is 11.7. The molecular formula is C18H30ClN3O5S. The van der Waals surface area contributed by atoms with E-state index in [1.54, 1.807) is 17.0 Å². The van der Waals surface area contributed by atoms with Crippen LogP contribution in [-0.4, -0.2) is 83.2 Å². The number of amides is 1. The average molecular weight is 436 g/mol. The first-order chi connectivity index (χ1) is 13.0. The number of benzene rings is 1. The lowest BCUT2D eigenvalue weighted by Gasteiger charge is -2.24. The maximum atomic E-state index is 12.9. The smallest absolute Gasteiger partial charge is 0.254 e. The largest absolute Gasteiger partial charge is 0.383 e. The molecule has 2 rings (SSSR count). The summed E-state index contributed by atoms with van der Waals surface area (Å²) in [6.45, 7) is 2.16. The molecule has 1 heterocycles. The normalized spacial score (nSPS) is 17.0. The van der Waals surface area contributed by atoms with E-state index < -0.39 is 10.0 Å². The van der Waals surface area contributed by atoms with E-state index in [2.05, 4.69) is 0 Å². The van der Waals surface area contributed by atoms with Crippen LogP contribution in [0.3, 0.4) is 0 Å². The maximum absolute atomic E-state index is 12.9. The van der Waals surface area contributed by atoms with Crippen LogP contribution >= 0.6 is 12.4 Å². The Labute approximate surface area is 173 Å². The molecule has 28 heavy (non-hydrogen) atoms. The fourth-order valence-electron chi connectivity index (χ4n) is 3.17. The Morgan fingerprint density at radius 2 is 1.75 bits per heavy atom. The van der Waals surface area contributed by atoms with Crippen LogP contribution in [0, 0.1) is 0 Å². The molecule has 0 radical (unpaired) electrons. The average Bonchev–Trinajstić information content (AvgIpc) is 3.16. The van der Waals surface area contributed by atoms with Gasteiger partial charge >= 0.3 is 0 Å². The zero-order chi connectivity index (χ0) is 19.9. The predicted molar refractivity (Wildman–Crippen MR) is 109 cm³/mol. The highest BCUT2D eigenvalue weighted by molar-refractivity contribution is 7.89. The summed E-state index contributed by atoms with van der Waals surface area (Å²) in [5, 5.41) is 0. The molecule has 1 aromatic carbocycles. The molecule has 1 unspecified atom stereocenters. The van der Waals surface area contributed by atoms with Crippen molar-refractivity contribution in [3.05, 3.63) is 29.8 Å². The molecule has 1 saturated heterocycles. The van der Waals surface area contributed by atoms with Gasteiger partial charge in [0.15, 0.2) is 0 Å². The van der Waals surface area contributed by atoms with Gasteiger partial charge in [-0.05, 0) is 37.1 Å². The zero-order valence-electron chi connectivity index (χ0n) is 16.4. The number of ether oxygens (including phenoxy) is 2. The number of halogens is 1. The molecule has 1 fully saturated rings. The van der Waals surface area contributed by atoms with Crippen LogP contribution in [0.1, 0.15) is 23.2 Å². The van der Waals surface area contributed by atoms with Crippen molar-refractivity contribution >= 4 is 28.3 Å². The summed E-state index contributed by atoms with van der Waals surface area (Å²) in [7, 11) is -0.649. The van der Waals surface area contributed by atoms with Crippen molar-refractivity contribution in [3.63, 3.8) is 0 Å². The van der Waals surface area contributed by atoms with Crippen molar-refractivity contribution in [2.45, 2.75) is 23.8 Å². The second-order valence-corrected chi connectivity index (χ2v) is 8.38. The van der Waals surface area contributed by atoms with Gasteiger partial charge in [0.05, 0.1) is 18.1 Å². The van der Waals surface area contributed by atoms with Crippen LogP contribution in [0.15, 0.2) is 29.2 Å². The maximum Gasteiger partial charge on any atom is 0.254 e. The van der Waals surface area contributed by atoms with Crippen LogP contribution in [0.2, 0.25) is 0 Å². The van der Waals surface area contributed by atoms with Crippen molar-refractivity contribution in [1.82, 2.24) is 9.21 Å². The number of carbonyl (C=O) groups excluding carboxylic acids is 1. The lowest BCUT2D eigenvalue weighted by molar-refractivity contribution is 0.0741. The Bertz CT molecular complexity index is 706. The van der Waals surface area contributed by atoms with Gasteiger partial charge in [0, 0.05) is 52.0 Å². The Hall–Kier alpha value is -1.23. The monoisotopic (exact) mass is 435 g/mol. The topological polar surface area (TPSA) is 102 Å². The number of nitrogens with zero attached hydrogens (tertiary/aromatic N) is 2. The van der Waals surface area contributed by atoms with Gasteiger partial charge in [0.2, 0.25) is 10.0 Å². The minimum atomic E-state index is -3.69. The van der Waals surface area contributed by atoms with Crippen LogP contribution in [0.5, 0.6) is 0 Å². The lowest BCUT2D eigenvalue weighted by Crippen LogP contribution is -2.40. The number of hydrogen-bond donors (Lipinski definition) is 1. The van der Waals surface area contributed by atoms with Crippen LogP contribution in [0.25, 0.3) is 0 Å². The Balaban J connectivity index is 0.00000392. The molecular weight excluding hydrogens is 406 g/mol. The van der Waals surface area contributed by atoms with Gasteiger partial charge in [0.1, 0.15) is 0 Å². The van der Waals surface area contributed by atoms with E-state index in [-0.39, 0.29) is 55.6 Å². The summed E-state index contributed by atoms with van der Waals surface area (Å²) in [5.41, 5.74) is 6.20. The van der Waals surface area contributed by atoms with Crippen LogP contribution in [-0.2, 0) is 19.5 Å². The highest BCUT2D eigenvalue weighted by atomic mass is 35.5. The van der Waals surface area contributed by atoms with E-state index in [9.17, 15) is 13.2 Å². The summed E-state index contributed by atoms with van der Waals surface area (Å²) in [4.78, 5) is 14.6. The molecule has 1 amide bonds. The van der Waals surface area contributed by atoms with Gasteiger partial charge in [-0.1, -0.05) is 0 Å². The number of likely N-dealkylation sites (tertiary alicyclic amines) is 1. The Morgan fingerprint density at radius 3 is 2.25 bits per heavy atom.